The lowest BCUT2D eigenvalue weighted by atomic mass is 9.80. The Hall–Kier alpha value is -0.610. The number of piperidine rings is 1. The molecule has 0 aromatic carbocycles. The van der Waals surface area contributed by atoms with Crippen molar-refractivity contribution >= 4 is 5.91 Å². The quantitative estimate of drug-likeness (QED) is 0.823. The van der Waals surface area contributed by atoms with Crippen LogP contribution in [0.3, 0.4) is 0 Å². The van der Waals surface area contributed by atoms with Crippen LogP contribution in [0.1, 0.15) is 46.0 Å². The molecule has 1 amide bonds. The Labute approximate surface area is 123 Å². The molecule has 1 aliphatic carbocycles. The Morgan fingerprint density at radius 3 is 2.20 bits per heavy atom. The van der Waals surface area contributed by atoms with E-state index >= 15 is 0 Å². The molecule has 0 spiro atoms. The summed E-state index contributed by atoms with van der Waals surface area (Å²) in [7, 11) is 1.71. The van der Waals surface area contributed by atoms with Crippen molar-refractivity contribution in [2.45, 2.75) is 58.0 Å². The lowest BCUT2D eigenvalue weighted by molar-refractivity contribution is -0.122. The molecule has 0 bridgehead atoms. The summed E-state index contributed by atoms with van der Waals surface area (Å²) in [6.07, 6.45) is 6.42. The van der Waals surface area contributed by atoms with Gasteiger partial charge >= 0.3 is 0 Å². The van der Waals surface area contributed by atoms with Crippen molar-refractivity contribution < 1.29 is 4.79 Å². The molecule has 2 rings (SSSR count). The maximum absolute atomic E-state index is 11.4. The molecule has 1 heterocycles. The number of hydrogen-bond donors (Lipinski definition) is 2. The van der Waals surface area contributed by atoms with Crippen molar-refractivity contribution in [3.8, 4) is 0 Å². The minimum atomic E-state index is 0.131. The Balaban J connectivity index is 1.70. The summed E-state index contributed by atoms with van der Waals surface area (Å²) < 4.78 is 0. The van der Waals surface area contributed by atoms with Crippen LogP contribution >= 0.6 is 0 Å². The fourth-order valence-electron chi connectivity index (χ4n) is 3.96. The van der Waals surface area contributed by atoms with E-state index in [9.17, 15) is 4.79 Å². The molecule has 1 saturated carbocycles. The second kappa shape index (κ2) is 7.41. The molecule has 0 aromatic rings. The normalized spacial score (nSPS) is 33.0. The summed E-state index contributed by atoms with van der Waals surface area (Å²) in [4.78, 5) is 13.6. The van der Waals surface area contributed by atoms with Crippen LogP contribution in [0.15, 0.2) is 0 Å². The number of nitrogens with one attached hydrogen (secondary N) is 2. The largest absolute Gasteiger partial charge is 0.358 e. The van der Waals surface area contributed by atoms with Gasteiger partial charge in [-0.05, 0) is 43.9 Å². The molecule has 2 unspecified atom stereocenters. The molecule has 2 fully saturated rings. The number of carbonyl (C=O) groups is 1. The van der Waals surface area contributed by atoms with Gasteiger partial charge in [-0.3, -0.25) is 9.69 Å². The van der Waals surface area contributed by atoms with Gasteiger partial charge in [-0.1, -0.05) is 13.8 Å². The third-order valence-electron chi connectivity index (χ3n) is 4.88. The predicted octanol–water partition coefficient (Wildman–Crippen LogP) is 1.61. The van der Waals surface area contributed by atoms with E-state index in [0.29, 0.717) is 18.6 Å². The van der Waals surface area contributed by atoms with Crippen LogP contribution in [-0.2, 0) is 4.79 Å². The lowest BCUT2D eigenvalue weighted by Gasteiger charge is -2.38. The van der Waals surface area contributed by atoms with Gasteiger partial charge in [-0.15, -0.1) is 0 Å². The summed E-state index contributed by atoms with van der Waals surface area (Å²) in [6.45, 7) is 7.42. The minimum Gasteiger partial charge on any atom is -0.358 e. The van der Waals surface area contributed by atoms with Crippen molar-refractivity contribution in [1.82, 2.24) is 15.5 Å². The second-order valence-electron chi connectivity index (χ2n) is 7.00. The molecule has 1 aliphatic heterocycles. The van der Waals surface area contributed by atoms with Gasteiger partial charge in [-0.25, -0.2) is 0 Å². The van der Waals surface area contributed by atoms with Crippen molar-refractivity contribution in [1.29, 1.82) is 0 Å². The highest BCUT2D eigenvalue weighted by Gasteiger charge is 2.27. The number of hydrogen-bond acceptors (Lipinski definition) is 3. The highest BCUT2D eigenvalue weighted by molar-refractivity contribution is 5.77. The van der Waals surface area contributed by atoms with E-state index in [0.717, 1.165) is 24.9 Å². The lowest BCUT2D eigenvalue weighted by Crippen LogP contribution is -2.49. The maximum atomic E-state index is 11.4. The fraction of sp³-hybridized carbons (Fsp3) is 0.938. The predicted molar refractivity (Wildman–Crippen MR) is 82.6 cm³/mol. The van der Waals surface area contributed by atoms with Gasteiger partial charge < -0.3 is 10.6 Å². The second-order valence-corrected chi connectivity index (χ2v) is 7.00. The standard InChI is InChI=1S/C16H31N3O/c1-12-8-13(2)10-15(9-12)18-14-4-6-19(7-5-14)11-16(20)17-3/h12-15,18H,4-11H2,1-3H3,(H,17,20). The topological polar surface area (TPSA) is 44.4 Å². The molecule has 4 nitrogen and oxygen atoms in total. The van der Waals surface area contributed by atoms with Crippen LogP contribution in [0.4, 0.5) is 0 Å². The summed E-state index contributed by atoms with van der Waals surface area (Å²) in [6, 6.07) is 1.36. The van der Waals surface area contributed by atoms with E-state index in [4.69, 9.17) is 0 Å². The molecule has 116 valence electrons. The molecule has 0 aromatic heterocycles. The third-order valence-corrected chi connectivity index (χ3v) is 4.88. The monoisotopic (exact) mass is 281 g/mol. The van der Waals surface area contributed by atoms with Crippen LogP contribution < -0.4 is 10.6 Å². The maximum Gasteiger partial charge on any atom is 0.233 e. The Kier molecular flexibility index (Phi) is 5.85. The van der Waals surface area contributed by atoms with Crippen LogP contribution in [0.25, 0.3) is 0 Å². The first-order valence-electron chi connectivity index (χ1n) is 8.25. The SMILES string of the molecule is CNC(=O)CN1CCC(NC2CC(C)CC(C)C2)CC1. The summed E-state index contributed by atoms with van der Waals surface area (Å²) in [5.41, 5.74) is 0. The third kappa shape index (κ3) is 4.74. The van der Waals surface area contributed by atoms with Crippen molar-refractivity contribution in [3.63, 3.8) is 0 Å². The zero-order valence-electron chi connectivity index (χ0n) is 13.3. The first kappa shape index (κ1) is 15.8. The van der Waals surface area contributed by atoms with Crippen LogP contribution in [0.5, 0.6) is 0 Å². The molecule has 2 aliphatic rings. The summed E-state index contributed by atoms with van der Waals surface area (Å²) in [5.74, 6) is 1.86. The van der Waals surface area contributed by atoms with Crippen LogP contribution in [0.2, 0.25) is 0 Å². The van der Waals surface area contributed by atoms with Crippen molar-refractivity contribution in [2.24, 2.45) is 11.8 Å². The van der Waals surface area contributed by atoms with E-state index in [2.05, 4.69) is 29.4 Å². The highest BCUT2D eigenvalue weighted by Crippen LogP contribution is 2.29. The highest BCUT2D eigenvalue weighted by atomic mass is 16.1. The zero-order chi connectivity index (χ0) is 14.5. The van der Waals surface area contributed by atoms with Crippen molar-refractivity contribution in [2.75, 3.05) is 26.7 Å². The molecule has 0 radical (unpaired) electrons. The van der Waals surface area contributed by atoms with Gasteiger partial charge in [-0.2, -0.15) is 0 Å². The molecular weight excluding hydrogens is 250 g/mol. The van der Waals surface area contributed by atoms with Crippen molar-refractivity contribution in [3.05, 3.63) is 0 Å². The summed E-state index contributed by atoms with van der Waals surface area (Å²) >= 11 is 0. The number of amides is 1. The van der Waals surface area contributed by atoms with E-state index in [1.165, 1.54) is 32.1 Å². The van der Waals surface area contributed by atoms with E-state index in [1.54, 1.807) is 7.05 Å². The van der Waals surface area contributed by atoms with E-state index in [1.807, 2.05) is 0 Å². The summed E-state index contributed by atoms with van der Waals surface area (Å²) in [5, 5.41) is 6.58. The number of rotatable bonds is 4. The number of likely N-dealkylation sites (tertiary alicyclic amines) is 1. The minimum absolute atomic E-state index is 0.131. The first-order valence-corrected chi connectivity index (χ1v) is 8.25. The zero-order valence-corrected chi connectivity index (χ0v) is 13.3. The van der Waals surface area contributed by atoms with Gasteiger partial charge in [0, 0.05) is 32.2 Å². The Bertz CT molecular complexity index is 303. The van der Waals surface area contributed by atoms with Gasteiger partial charge in [0.2, 0.25) is 5.91 Å². The van der Waals surface area contributed by atoms with Gasteiger partial charge in [0.15, 0.2) is 0 Å². The Morgan fingerprint density at radius 1 is 1.05 bits per heavy atom. The Morgan fingerprint density at radius 2 is 1.65 bits per heavy atom. The first-order chi connectivity index (χ1) is 9.56. The van der Waals surface area contributed by atoms with E-state index < -0.39 is 0 Å². The van der Waals surface area contributed by atoms with Gasteiger partial charge in [0.05, 0.1) is 6.54 Å². The molecule has 20 heavy (non-hydrogen) atoms. The average molecular weight is 281 g/mol. The smallest absolute Gasteiger partial charge is 0.233 e. The molecule has 2 N–H and O–H groups in total. The van der Waals surface area contributed by atoms with Crippen LogP contribution in [0, 0.1) is 11.8 Å². The molecule has 1 saturated heterocycles. The number of carbonyl (C=O) groups excluding carboxylic acids is 1. The van der Waals surface area contributed by atoms with Crippen LogP contribution in [-0.4, -0.2) is 49.6 Å². The molecule has 4 heteroatoms. The number of nitrogens with zero attached hydrogens (tertiary/aromatic N) is 1. The molecular formula is C16H31N3O. The molecule has 2 atom stereocenters. The van der Waals surface area contributed by atoms with Gasteiger partial charge in [0.25, 0.3) is 0 Å². The van der Waals surface area contributed by atoms with Gasteiger partial charge in [0.1, 0.15) is 0 Å². The number of likely N-dealkylation sites (N-methyl/N-ethyl adjacent to an activating group) is 1. The average Bonchev–Trinajstić information content (AvgIpc) is 2.39. The fourth-order valence-corrected chi connectivity index (χ4v) is 3.96. The van der Waals surface area contributed by atoms with E-state index in [-0.39, 0.29) is 5.91 Å².